The topological polar surface area (TPSA) is 46.5 Å². The molecule has 1 aliphatic carbocycles. The highest BCUT2D eigenvalue weighted by Gasteiger charge is 2.55. The maximum atomic E-state index is 13.1. The lowest BCUT2D eigenvalue weighted by molar-refractivity contribution is -0.230. The molecule has 0 atom stereocenters. The van der Waals surface area contributed by atoms with E-state index in [1.54, 1.807) is 30.3 Å². The van der Waals surface area contributed by atoms with Crippen molar-refractivity contribution in [2.24, 2.45) is 0 Å². The number of carboxylic acid groups (broad SMARTS) is 1. The van der Waals surface area contributed by atoms with Crippen molar-refractivity contribution in [1.29, 1.82) is 0 Å². The van der Waals surface area contributed by atoms with Gasteiger partial charge < -0.3 is 9.84 Å². The lowest BCUT2D eigenvalue weighted by atomic mass is 9.75. The Morgan fingerprint density at radius 2 is 1.62 bits per heavy atom. The molecule has 0 bridgehead atoms. The van der Waals surface area contributed by atoms with Crippen molar-refractivity contribution in [2.75, 3.05) is 7.11 Å². The minimum Gasteiger partial charge on any atom is -0.480 e. The van der Waals surface area contributed by atoms with Crippen molar-refractivity contribution in [3.05, 3.63) is 60.2 Å². The van der Waals surface area contributed by atoms with E-state index in [1.165, 1.54) is 0 Å². The van der Waals surface area contributed by atoms with Gasteiger partial charge in [0.15, 0.2) is 5.60 Å². The monoisotopic (exact) mass is 298 g/mol. The van der Waals surface area contributed by atoms with Gasteiger partial charge in [0.2, 0.25) is 0 Å². The molecule has 0 unspecified atom stereocenters. The lowest BCUT2D eigenvalue weighted by Gasteiger charge is -2.35. The van der Waals surface area contributed by atoms with Gasteiger partial charge in [0.05, 0.1) is 0 Å². The van der Waals surface area contributed by atoms with Crippen LogP contribution in [-0.4, -0.2) is 30.0 Å². The average Bonchev–Trinajstić information content (AvgIpc) is 2.46. The third-order valence-corrected chi connectivity index (χ3v) is 3.57. The second kappa shape index (κ2) is 5.04. The standard InChI is InChI=1S/C15H13F3O3/c1-21-14(15(16,17)18)9-7-13(8-10-14,12(19)20)11-5-3-2-4-6-11/h2-10H,1H3,(H,19,20). The molecule has 0 radical (unpaired) electrons. The Labute approximate surface area is 119 Å². The molecule has 1 aromatic rings. The molecule has 0 saturated heterocycles. The van der Waals surface area contributed by atoms with Crippen LogP contribution in [0.1, 0.15) is 5.56 Å². The zero-order chi connectivity index (χ0) is 15.7. The van der Waals surface area contributed by atoms with Crippen LogP contribution in [0.3, 0.4) is 0 Å². The van der Waals surface area contributed by atoms with Crippen LogP contribution in [0.5, 0.6) is 0 Å². The smallest absolute Gasteiger partial charge is 0.424 e. The van der Waals surface area contributed by atoms with Crippen LogP contribution in [0.15, 0.2) is 54.6 Å². The number of alkyl halides is 3. The van der Waals surface area contributed by atoms with Crippen LogP contribution in [0.4, 0.5) is 13.2 Å². The van der Waals surface area contributed by atoms with Crippen LogP contribution >= 0.6 is 0 Å². The van der Waals surface area contributed by atoms with E-state index in [2.05, 4.69) is 4.74 Å². The number of hydrogen-bond donors (Lipinski definition) is 1. The van der Waals surface area contributed by atoms with E-state index in [0.29, 0.717) is 5.56 Å². The van der Waals surface area contributed by atoms with Crippen molar-refractivity contribution >= 4 is 5.97 Å². The fourth-order valence-corrected chi connectivity index (χ4v) is 2.23. The highest BCUT2D eigenvalue weighted by Crippen LogP contribution is 2.42. The number of hydrogen-bond acceptors (Lipinski definition) is 2. The molecule has 0 fully saturated rings. The lowest BCUT2D eigenvalue weighted by Crippen LogP contribution is -2.47. The van der Waals surface area contributed by atoms with E-state index < -0.39 is 23.2 Å². The van der Waals surface area contributed by atoms with Crippen molar-refractivity contribution in [3.8, 4) is 0 Å². The highest BCUT2D eigenvalue weighted by atomic mass is 19.4. The molecule has 6 heteroatoms. The van der Waals surface area contributed by atoms with Gasteiger partial charge in [-0.15, -0.1) is 0 Å². The molecule has 0 spiro atoms. The Morgan fingerprint density at radius 1 is 1.10 bits per heavy atom. The number of carboxylic acids is 1. The summed E-state index contributed by atoms with van der Waals surface area (Å²) in [5.74, 6) is -1.26. The van der Waals surface area contributed by atoms with E-state index in [-0.39, 0.29) is 0 Å². The van der Waals surface area contributed by atoms with Crippen molar-refractivity contribution < 1.29 is 27.8 Å². The summed E-state index contributed by atoms with van der Waals surface area (Å²) in [4.78, 5) is 11.6. The largest absolute Gasteiger partial charge is 0.480 e. The third-order valence-electron chi connectivity index (χ3n) is 3.57. The van der Waals surface area contributed by atoms with Gasteiger partial charge in [-0.25, -0.2) is 0 Å². The Hall–Kier alpha value is -2.08. The second-order valence-corrected chi connectivity index (χ2v) is 4.70. The van der Waals surface area contributed by atoms with Gasteiger partial charge >= 0.3 is 12.1 Å². The highest BCUT2D eigenvalue weighted by molar-refractivity contribution is 5.87. The summed E-state index contributed by atoms with van der Waals surface area (Å²) in [7, 11) is 0.929. The number of methoxy groups -OCH3 is 1. The summed E-state index contributed by atoms with van der Waals surface area (Å²) in [5.41, 5.74) is -3.85. The van der Waals surface area contributed by atoms with Gasteiger partial charge in [-0.1, -0.05) is 42.5 Å². The van der Waals surface area contributed by atoms with Crippen molar-refractivity contribution in [2.45, 2.75) is 17.2 Å². The predicted molar refractivity (Wildman–Crippen MR) is 69.8 cm³/mol. The maximum absolute atomic E-state index is 13.1. The zero-order valence-corrected chi connectivity index (χ0v) is 11.1. The van der Waals surface area contributed by atoms with E-state index in [0.717, 1.165) is 31.4 Å². The van der Waals surface area contributed by atoms with Gasteiger partial charge in [-0.3, -0.25) is 4.79 Å². The molecule has 112 valence electrons. The molecule has 0 saturated carbocycles. The molecule has 1 aliphatic rings. The molecule has 3 nitrogen and oxygen atoms in total. The van der Waals surface area contributed by atoms with Crippen molar-refractivity contribution in [3.63, 3.8) is 0 Å². The fourth-order valence-electron chi connectivity index (χ4n) is 2.23. The first kappa shape index (κ1) is 15.3. The Balaban J connectivity index is 2.52. The first-order valence-electron chi connectivity index (χ1n) is 6.09. The first-order chi connectivity index (χ1) is 9.77. The third kappa shape index (κ3) is 2.35. The van der Waals surface area contributed by atoms with E-state index in [1.807, 2.05) is 0 Å². The molecule has 0 amide bonds. The van der Waals surface area contributed by atoms with Crippen LogP contribution in [-0.2, 0) is 14.9 Å². The zero-order valence-electron chi connectivity index (χ0n) is 11.1. The average molecular weight is 298 g/mol. The summed E-state index contributed by atoms with van der Waals surface area (Å²) < 4.78 is 43.8. The molecule has 1 N–H and O–H groups in total. The minimum absolute atomic E-state index is 0.372. The number of aliphatic carboxylic acids is 1. The second-order valence-electron chi connectivity index (χ2n) is 4.70. The summed E-state index contributed by atoms with van der Waals surface area (Å²) in [5, 5.41) is 9.46. The predicted octanol–water partition coefficient (Wildman–Crippen LogP) is 3.08. The van der Waals surface area contributed by atoms with Gasteiger partial charge in [-0.2, -0.15) is 13.2 Å². The first-order valence-corrected chi connectivity index (χ1v) is 6.09. The SMILES string of the molecule is COC1(C(F)(F)F)C=CC(C(=O)O)(c2ccccc2)C=C1. The molecule has 0 aliphatic heterocycles. The van der Waals surface area contributed by atoms with E-state index in [4.69, 9.17) is 0 Å². The molecule has 21 heavy (non-hydrogen) atoms. The Kier molecular flexibility index (Phi) is 3.67. The number of carbonyl (C=O) groups is 1. The number of halogens is 3. The molecule has 1 aromatic carbocycles. The summed E-state index contributed by atoms with van der Waals surface area (Å²) in [6.45, 7) is 0. The molecule has 0 aromatic heterocycles. The molecule has 2 rings (SSSR count). The summed E-state index contributed by atoms with van der Waals surface area (Å²) in [6, 6.07) is 8.06. The minimum atomic E-state index is -4.67. The fraction of sp³-hybridized carbons (Fsp3) is 0.267. The number of ether oxygens (including phenoxy) is 1. The molecule has 0 heterocycles. The number of benzene rings is 1. The molecular weight excluding hydrogens is 285 g/mol. The normalized spacial score (nSPS) is 28.6. The van der Waals surface area contributed by atoms with Crippen LogP contribution in [0.25, 0.3) is 0 Å². The van der Waals surface area contributed by atoms with Crippen LogP contribution < -0.4 is 0 Å². The summed E-state index contributed by atoms with van der Waals surface area (Å²) in [6.07, 6.45) is -1.15. The van der Waals surface area contributed by atoms with Gasteiger partial charge in [-0.05, 0) is 17.7 Å². The maximum Gasteiger partial charge on any atom is 0.424 e. The van der Waals surface area contributed by atoms with Crippen LogP contribution in [0.2, 0.25) is 0 Å². The van der Waals surface area contributed by atoms with Gasteiger partial charge in [0.1, 0.15) is 5.41 Å². The molecular formula is C15H13F3O3. The van der Waals surface area contributed by atoms with Gasteiger partial charge in [0, 0.05) is 7.11 Å². The van der Waals surface area contributed by atoms with Crippen LogP contribution in [0, 0.1) is 0 Å². The Morgan fingerprint density at radius 3 is 2.00 bits per heavy atom. The summed E-state index contributed by atoms with van der Waals surface area (Å²) >= 11 is 0. The van der Waals surface area contributed by atoms with Gasteiger partial charge in [0.25, 0.3) is 0 Å². The van der Waals surface area contributed by atoms with Crippen molar-refractivity contribution in [1.82, 2.24) is 0 Å². The number of rotatable bonds is 3. The van der Waals surface area contributed by atoms with E-state index >= 15 is 0 Å². The Bertz CT molecular complexity index is 574. The quantitative estimate of drug-likeness (QED) is 0.872. The van der Waals surface area contributed by atoms with E-state index in [9.17, 15) is 23.1 Å².